The van der Waals surface area contributed by atoms with Gasteiger partial charge in [-0.25, -0.2) is 21.8 Å². The molecule has 154 valence electrons. The molecule has 0 aliphatic carbocycles. The lowest BCUT2D eigenvalue weighted by molar-refractivity contribution is 0.328. The van der Waals surface area contributed by atoms with Gasteiger partial charge in [-0.05, 0) is 25.5 Å². The maximum atomic E-state index is 13.1. The van der Waals surface area contributed by atoms with Crippen molar-refractivity contribution in [2.75, 3.05) is 32.8 Å². The Kier molecular flexibility index (Phi) is 6.08. The molecule has 0 N–H and O–H groups in total. The molecule has 2 heterocycles. The number of imidazole rings is 1. The van der Waals surface area contributed by atoms with Crippen molar-refractivity contribution in [3.05, 3.63) is 36.8 Å². The van der Waals surface area contributed by atoms with E-state index >= 15 is 0 Å². The van der Waals surface area contributed by atoms with Crippen molar-refractivity contribution in [1.29, 1.82) is 0 Å². The van der Waals surface area contributed by atoms with Crippen LogP contribution in [0, 0.1) is 0 Å². The first-order chi connectivity index (χ1) is 13.3. The standard InChI is InChI=1S/C17H24N4O5S2/c1-3-26-15-7-4-5-8-16(15)27(22,23)20-9-6-10-21(12-11-20)28(24,25)17-13-19(2)14-18-17/h4-5,7-8,13-14H,3,6,9-12H2,1-2H3. The van der Waals surface area contributed by atoms with E-state index in [1.165, 1.54) is 27.2 Å². The molecule has 1 aromatic carbocycles. The zero-order valence-electron chi connectivity index (χ0n) is 15.9. The van der Waals surface area contributed by atoms with Crippen LogP contribution in [0.1, 0.15) is 13.3 Å². The summed E-state index contributed by atoms with van der Waals surface area (Å²) in [5.74, 6) is 0.298. The lowest BCUT2D eigenvalue weighted by Gasteiger charge is -2.22. The van der Waals surface area contributed by atoms with E-state index in [0.29, 0.717) is 18.8 Å². The van der Waals surface area contributed by atoms with Crippen LogP contribution < -0.4 is 4.74 Å². The van der Waals surface area contributed by atoms with Crippen molar-refractivity contribution in [3.8, 4) is 5.75 Å². The van der Waals surface area contributed by atoms with Gasteiger partial charge in [-0.3, -0.25) is 0 Å². The highest BCUT2D eigenvalue weighted by atomic mass is 32.2. The first-order valence-electron chi connectivity index (χ1n) is 8.97. The minimum atomic E-state index is -3.80. The molecule has 0 atom stereocenters. The first-order valence-corrected chi connectivity index (χ1v) is 11.8. The normalized spacial score (nSPS) is 17.4. The van der Waals surface area contributed by atoms with Crippen LogP contribution in [0.5, 0.6) is 5.75 Å². The number of aromatic nitrogens is 2. The number of hydrogen-bond donors (Lipinski definition) is 0. The molecule has 9 nitrogen and oxygen atoms in total. The molecule has 11 heteroatoms. The van der Waals surface area contributed by atoms with E-state index in [1.54, 1.807) is 36.7 Å². The lowest BCUT2D eigenvalue weighted by Crippen LogP contribution is -2.37. The molecule has 0 bridgehead atoms. The van der Waals surface area contributed by atoms with Crippen molar-refractivity contribution < 1.29 is 21.6 Å². The number of hydrogen-bond acceptors (Lipinski definition) is 6. The van der Waals surface area contributed by atoms with Crippen molar-refractivity contribution in [2.45, 2.75) is 23.3 Å². The molecule has 0 amide bonds. The van der Waals surface area contributed by atoms with E-state index in [4.69, 9.17) is 4.74 Å². The van der Waals surface area contributed by atoms with Gasteiger partial charge < -0.3 is 9.30 Å². The van der Waals surface area contributed by atoms with Gasteiger partial charge in [-0.1, -0.05) is 12.1 Å². The minimum Gasteiger partial charge on any atom is -0.492 e. The summed E-state index contributed by atoms with van der Waals surface area (Å²) in [5, 5.41) is -0.0343. The SMILES string of the molecule is CCOc1ccccc1S(=O)(=O)N1CCCN(S(=O)(=O)c2cn(C)cn2)CC1. The van der Waals surface area contributed by atoms with Crippen LogP contribution in [0.15, 0.2) is 46.7 Å². The Morgan fingerprint density at radius 3 is 2.25 bits per heavy atom. The number of rotatable bonds is 6. The van der Waals surface area contributed by atoms with Gasteiger partial charge in [0.2, 0.25) is 10.0 Å². The van der Waals surface area contributed by atoms with Crippen molar-refractivity contribution in [3.63, 3.8) is 0 Å². The fraction of sp³-hybridized carbons (Fsp3) is 0.471. The molecule has 1 aliphatic rings. The molecule has 3 rings (SSSR count). The molecule has 1 saturated heterocycles. The van der Waals surface area contributed by atoms with Crippen LogP contribution in [0.2, 0.25) is 0 Å². The summed E-state index contributed by atoms with van der Waals surface area (Å²) in [7, 11) is -5.87. The summed E-state index contributed by atoms with van der Waals surface area (Å²) < 4.78 is 61.4. The Hall–Kier alpha value is -1.95. The predicted molar refractivity (Wildman–Crippen MR) is 103 cm³/mol. The highest BCUT2D eigenvalue weighted by Gasteiger charge is 2.33. The monoisotopic (exact) mass is 428 g/mol. The van der Waals surface area contributed by atoms with Crippen LogP contribution in [0.25, 0.3) is 0 Å². The van der Waals surface area contributed by atoms with Crippen LogP contribution in [0.3, 0.4) is 0 Å². The number of para-hydroxylation sites is 1. The maximum Gasteiger partial charge on any atom is 0.262 e. The highest BCUT2D eigenvalue weighted by Crippen LogP contribution is 2.28. The molecule has 1 aromatic heterocycles. The van der Waals surface area contributed by atoms with E-state index in [1.807, 2.05) is 0 Å². The molecule has 28 heavy (non-hydrogen) atoms. The summed E-state index contributed by atoms with van der Waals surface area (Å²) in [4.78, 5) is 4.02. The van der Waals surface area contributed by atoms with Gasteiger partial charge >= 0.3 is 0 Å². The third kappa shape index (κ3) is 4.07. The fourth-order valence-electron chi connectivity index (χ4n) is 3.08. The van der Waals surface area contributed by atoms with Gasteiger partial charge in [0, 0.05) is 39.4 Å². The van der Waals surface area contributed by atoms with Gasteiger partial charge in [0.1, 0.15) is 10.6 Å². The Balaban J connectivity index is 1.82. The third-order valence-electron chi connectivity index (χ3n) is 4.47. The summed E-state index contributed by atoms with van der Waals surface area (Å²) in [6.45, 7) is 2.73. The Morgan fingerprint density at radius 1 is 1.00 bits per heavy atom. The molecule has 1 aliphatic heterocycles. The van der Waals surface area contributed by atoms with E-state index < -0.39 is 20.0 Å². The second-order valence-electron chi connectivity index (χ2n) is 6.42. The molecule has 0 radical (unpaired) electrons. The molecule has 0 saturated carbocycles. The first kappa shape index (κ1) is 20.8. The van der Waals surface area contributed by atoms with Gasteiger partial charge in [-0.2, -0.15) is 8.61 Å². The average Bonchev–Trinajstić information content (AvgIpc) is 2.94. The van der Waals surface area contributed by atoms with Gasteiger partial charge in [0.15, 0.2) is 5.03 Å². The second kappa shape index (κ2) is 8.19. The molecular formula is C17H24N4O5S2. The lowest BCUT2D eigenvalue weighted by atomic mass is 10.3. The molecule has 2 aromatic rings. The summed E-state index contributed by atoms with van der Waals surface area (Å²) in [6, 6.07) is 6.48. The van der Waals surface area contributed by atoms with E-state index in [0.717, 1.165) is 0 Å². The number of ether oxygens (including phenoxy) is 1. The van der Waals surface area contributed by atoms with Gasteiger partial charge in [0.25, 0.3) is 10.0 Å². The minimum absolute atomic E-state index is 0.0343. The molecular weight excluding hydrogens is 404 g/mol. The zero-order valence-corrected chi connectivity index (χ0v) is 17.5. The van der Waals surface area contributed by atoms with Crippen molar-refractivity contribution >= 4 is 20.0 Å². The summed E-state index contributed by atoms with van der Waals surface area (Å²) in [5.41, 5.74) is 0. The predicted octanol–water partition coefficient (Wildman–Crippen LogP) is 0.904. The molecule has 0 spiro atoms. The van der Waals surface area contributed by atoms with Gasteiger partial charge in [0.05, 0.1) is 12.9 Å². The Labute approximate surface area is 165 Å². The fourth-order valence-corrected chi connectivity index (χ4v) is 6.12. The Morgan fingerprint density at radius 2 is 1.64 bits per heavy atom. The summed E-state index contributed by atoms with van der Waals surface area (Å²) in [6.07, 6.45) is 3.25. The van der Waals surface area contributed by atoms with Crippen LogP contribution in [-0.4, -0.2) is 67.8 Å². The number of nitrogens with zero attached hydrogens (tertiary/aromatic N) is 4. The number of benzene rings is 1. The molecule has 0 unspecified atom stereocenters. The van der Waals surface area contributed by atoms with Crippen LogP contribution in [-0.2, 0) is 27.1 Å². The van der Waals surface area contributed by atoms with Crippen LogP contribution in [0.4, 0.5) is 0 Å². The summed E-state index contributed by atoms with van der Waals surface area (Å²) >= 11 is 0. The number of aryl methyl sites for hydroxylation is 1. The second-order valence-corrected chi connectivity index (χ2v) is 10.2. The van der Waals surface area contributed by atoms with E-state index in [9.17, 15) is 16.8 Å². The van der Waals surface area contributed by atoms with E-state index in [-0.39, 0.29) is 36.1 Å². The molecule has 1 fully saturated rings. The van der Waals surface area contributed by atoms with Crippen molar-refractivity contribution in [2.24, 2.45) is 7.05 Å². The maximum absolute atomic E-state index is 13.1. The van der Waals surface area contributed by atoms with Gasteiger partial charge in [-0.15, -0.1) is 0 Å². The smallest absolute Gasteiger partial charge is 0.262 e. The number of sulfonamides is 2. The third-order valence-corrected chi connectivity index (χ3v) is 8.19. The average molecular weight is 429 g/mol. The quantitative estimate of drug-likeness (QED) is 0.678. The Bertz CT molecular complexity index is 1030. The van der Waals surface area contributed by atoms with Crippen molar-refractivity contribution in [1.82, 2.24) is 18.2 Å². The zero-order chi connectivity index (χ0) is 20.4. The largest absolute Gasteiger partial charge is 0.492 e. The highest BCUT2D eigenvalue weighted by molar-refractivity contribution is 7.89. The topological polar surface area (TPSA) is 102 Å². The van der Waals surface area contributed by atoms with E-state index in [2.05, 4.69) is 4.98 Å². The van der Waals surface area contributed by atoms with Crippen LogP contribution >= 0.6 is 0 Å².